The summed E-state index contributed by atoms with van der Waals surface area (Å²) in [6.45, 7) is 5.85. The predicted molar refractivity (Wildman–Crippen MR) is 153 cm³/mol. The average Bonchev–Trinajstić information content (AvgIpc) is 3.56. The maximum absolute atomic E-state index is 13.1. The van der Waals surface area contributed by atoms with Crippen LogP contribution in [0.3, 0.4) is 0 Å². The van der Waals surface area contributed by atoms with Crippen LogP contribution in [-0.2, 0) is 25.9 Å². The number of hydrogen-bond donors (Lipinski definition) is 2. The van der Waals surface area contributed by atoms with Gasteiger partial charge in [-0.1, -0.05) is 0 Å². The van der Waals surface area contributed by atoms with Crippen LogP contribution in [0.25, 0.3) is 37.2 Å². The van der Waals surface area contributed by atoms with Crippen molar-refractivity contribution in [3.8, 4) is 10.4 Å². The van der Waals surface area contributed by atoms with E-state index in [1.807, 2.05) is 20.0 Å². The Balaban J connectivity index is 1.25. The van der Waals surface area contributed by atoms with Gasteiger partial charge in [-0.15, -0.1) is 11.3 Å². The zero-order chi connectivity index (χ0) is 28.2. The highest BCUT2D eigenvalue weighted by Crippen LogP contribution is 2.33. The molecule has 0 aliphatic carbocycles. The maximum Gasteiger partial charge on any atom is 0.261 e. The number of morpholine rings is 1. The first-order valence-corrected chi connectivity index (χ1v) is 15.6. The number of aryl methyl sites for hydroxylation is 1. The smallest absolute Gasteiger partial charge is 0.261 e. The Bertz CT molecular complexity index is 1910. The Morgan fingerprint density at radius 1 is 1.20 bits per heavy atom. The number of H-pyrrole nitrogens is 1. The van der Waals surface area contributed by atoms with Gasteiger partial charge in [0.05, 0.1) is 59.5 Å². The van der Waals surface area contributed by atoms with Crippen LogP contribution in [0.1, 0.15) is 13.8 Å². The molecule has 1 saturated heterocycles. The minimum absolute atomic E-state index is 0.000206. The van der Waals surface area contributed by atoms with Gasteiger partial charge in [-0.3, -0.25) is 24.2 Å². The molecule has 13 nitrogen and oxygen atoms in total. The predicted octanol–water partition coefficient (Wildman–Crippen LogP) is 1.74. The van der Waals surface area contributed by atoms with Crippen LogP contribution in [-0.4, -0.2) is 92.4 Å². The molecule has 2 N–H and O–H groups in total. The van der Waals surface area contributed by atoms with Gasteiger partial charge in [-0.05, 0) is 19.9 Å². The molecule has 40 heavy (non-hydrogen) atoms. The molecular formula is C25H28N8O5S2. The molecule has 0 spiro atoms. The number of thiazole rings is 1. The number of sulfone groups is 1. The number of pyridine rings is 2. The molecule has 0 unspecified atom stereocenters. The van der Waals surface area contributed by atoms with Crippen LogP contribution in [0.15, 0.2) is 35.6 Å². The number of fused-ring (bicyclic) bond motifs is 5. The van der Waals surface area contributed by atoms with E-state index in [0.717, 1.165) is 10.4 Å². The normalized spacial score (nSPS) is 18.7. The molecule has 0 saturated carbocycles. The third-order valence-corrected chi connectivity index (χ3v) is 8.72. The number of aromatic amines is 1. The summed E-state index contributed by atoms with van der Waals surface area (Å²) in [4.78, 5) is 36.8. The van der Waals surface area contributed by atoms with Crippen LogP contribution < -0.4 is 10.9 Å². The number of amides is 1. The Morgan fingerprint density at radius 2 is 1.98 bits per heavy atom. The Kier molecular flexibility index (Phi) is 6.68. The molecule has 6 heterocycles. The van der Waals surface area contributed by atoms with E-state index in [4.69, 9.17) is 4.74 Å². The van der Waals surface area contributed by atoms with Gasteiger partial charge in [0.15, 0.2) is 0 Å². The molecule has 2 atom stereocenters. The van der Waals surface area contributed by atoms with Gasteiger partial charge in [-0.25, -0.2) is 12.9 Å². The van der Waals surface area contributed by atoms with Crippen molar-refractivity contribution in [2.45, 2.75) is 32.6 Å². The topological polar surface area (TPSA) is 157 Å². The highest BCUT2D eigenvalue weighted by atomic mass is 32.2. The summed E-state index contributed by atoms with van der Waals surface area (Å²) in [6, 6.07) is 1.69. The number of nitrogens with one attached hydrogen (secondary N) is 2. The number of carbonyl (C=O) groups excluding carboxylic acids is 1. The average molecular weight is 585 g/mol. The fourth-order valence-corrected chi connectivity index (χ4v) is 6.62. The molecular weight excluding hydrogens is 556 g/mol. The van der Waals surface area contributed by atoms with Crippen molar-refractivity contribution in [2.75, 3.05) is 37.0 Å². The van der Waals surface area contributed by atoms with Crippen molar-refractivity contribution in [1.82, 2.24) is 34.3 Å². The number of anilines is 1. The molecule has 1 aliphatic heterocycles. The molecule has 0 bridgehead atoms. The van der Waals surface area contributed by atoms with Gasteiger partial charge >= 0.3 is 0 Å². The van der Waals surface area contributed by atoms with E-state index in [1.54, 1.807) is 33.9 Å². The molecule has 5 aromatic heterocycles. The summed E-state index contributed by atoms with van der Waals surface area (Å²) >= 11 is 1.39. The number of hydrogen-bond acceptors (Lipinski definition) is 10. The number of nitrogens with zero attached hydrogens (tertiary/aromatic N) is 6. The van der Waals surface area contributed by atoms with Gasteiger partial charge < -0.3 is 15.0 Å². The second-order valence-electron chi connectivity index (χ2n) is 10.3. The van der Waals surface area contributed by atoms with Gasteiger partial charge in [0, 0.05) is 37.3 Å². The second-order valence-corrected chi connectivity index (χ2v) is 13.6. The van der Waals surface area contributed by atoms with Gasteiger partial charge in [0.2, 0.25) is 5.91 Å². The van der Waals surface area contributed by atoms with Gasteiger partial charge in [0.25, 0.3) is 5.56 Å². The summed E-state index contributed by atoms with van der Waals surface area (Å²) in [5.41, 5.74) is 2.44. The molecule has 15 heteroatoms. The van der Waals surface area contributed by atoms with Crippen molar-refractivity contribution < 1.29 is 17.9 Å². The summed E-state index contributed by atoms with van der Waals surface area (Å²) in [7, 11) is -3.10. The number of rotatable bonds is 7. The summed E-state index contributed by atoms with van der Waals surface area (Å²) < 4.78 is 31.9. The minimum Gasteiger partial charge on any atom is -0.373 e. The second kappa shape index (κ2) is 10.1. The van der Waals surface area contributed by atoms with E-state index in [1.165, 1.54) is 17.6 Å². The molecule has 1 aliphatic rings. The fraction of sp³-hybridized carbons (Fsp3) is 0.400. The first-order chi connectivity index (χ1) is 19.0. The first-order valence-electron chi connectivity index (χ1n) is 12.7. The monoisotopic (exact) mass is 584 g/mol. The van der Waals surface area contributed by atoms with E-state index < -0.39 is 9.84 Å². The zero-order valence-electron chi connectivity index (χ0n) is 22.1. The summed E-state index contributed by atoms with van der Waals surface area (Å²) in [6.07, 6.45) is 8.13. The van der Waals surface area contributed by atoms with Crippen molar-refractivity contribution in [1.29, 1.82) is 0 Å². The van der Waals surface area contributed by atoms with E-state index in [0.29, 0.717) is 45.5 Å². The third kappa shape index (κ3) is 5.37. The molecule has 1 amide bonds. The van der Waals surface area contributed by atoms with Crippen molar-refractivity contribution in [2.24, 2.45) is 0 Å². The lowest BCUT2D eigenvalue weighted by Crippen LogP contribution is -2.48. The largest absolute Gasteiger partial charge is 0.373 e. The lowest BCUT2D eigenvalue weighted by molar-refractivity contribution is -0.121. The molecule has 210 valence electrons. The number of carbonyl (C=O) groups is 1. The van der Waals surface area contributed by atoms with Gasteiger partial charge in [0.1, 0.15) is 31.1 Å². The Morgan fingerprint density at radius 3 is 2.73 bits per heavy atom. The molecule has 1 fully saturated rings. The standard InChI is InChI=1S/C25H28N8O5S2/c1-14-9-31(10-15(2)38-14)13-20(34)28-17-6-18-22(26-8-17)23-21(24(35)29-18)25-33(30-23)12-19(39-25)16-7-27-32(11-16)4-5-40(3,36)37/h6-8,11-12,14-15H,4-5,9-10,13H2,1-3H3,(H,28,34)(H,29,35)/t14-,15-/m1/s1. The van der Waals surface area contributed by atoms with Crippen LogP contribution in [0.2, 0.25) is 0 Å². The van der Waals surface area contributed by atoms with Crippen molar-refractivity contribution >= 4 is 59.5 Å². The molecule has 0 aromatic carbocycles. The van der Waals surface area contributed by atoms with E-state index >= 15 is 0 Å². The van der Waals surface area contributed by atoms with Gasteiger partial charge in [-0.2, -0.15) is 10.2 Å². The van der Waals surface area contributed by atoms with Crippen molar-refractivity contribution in [3.05, 3.63) is 41.2 Å². The van der Waals surface area contributed by atoms with Crippen LogP contribution >= 0.6 is 11.3 Å². The highest BCUT2D eigenvalue weighted by Gasteiger charge is 2.24. The van der Waals surface area contributed by atoms with E-state index in [2.05, 4.69) is 30.4 Å². The molecule has 0 radical (unpaired) electrons. The quantitative estimate of drug-likeness (QED) is 0.291. The molecule has 6 rings (SSSR count). The zero-order valence-corrected chi connectivity index (χ0v) is 23.8. The SMILES string of the molecule is C[C@@H]1CN(CC(=O)Nc2cnc3c(c2)[nH]c(=O)c2c3nn3cc(-c4cnn(CCS(C)(=O)=O)c4)sc23)C[C@@H](C)O1. The number of ether oxygens (including phenoxy) is 1. The highest BCUT2D eigenvalue weighted by molar-refractivity contribution is 7.90. The fourth-order valence-electron chi connectivity index (χ4n) is 5.04. The Labute approximate surface area is 232 Å². The van der Waals surface area contributed by atoms with E-state index in [9.17, 15) is 18.0 Å². The third-order valence-electron chi connectivity index (χ3n) is 6.66. The first kappa shape index (κ1) is 26.6. The maximum atomic E-state index is 13.1. The minimum atomic E-state index is -3.10. The Hall–Kier alpha value is -3.66. The number of aromatic nitrogens is 6. The summed E-state index contributed by atoms with van der Waals surface area (Å²) in [5, 5.41) is 12.2. The van der Waals surface area contributed by atoms with Crippen molar-refractivity contribution in [3.63, 3.8) is 0 Å². The van der Waals surface area contributed by atoms with Crippen LogP contribution in [0.4, 0.5) is 5.69 Å². The van der Waals surface area contributed by atoms with Crippen LogP contribution in [0.5, 0.6) is 0 Å². The lowest BCUT2D eigenvalue weighted by Gasteiger charge is -2.34. The molecule has 5 aromatic rings. The lowest BCUT2D eigenvalue weighted by atomic mass is 10.2. The van der Waals surface area contributed by atoms with Crippen LogP contribution in [0, 0.1) is 0 Å². The summed E-state index contributed by atoms with van der Waals surface area (Å²) in [5.74, 6) is -0.166. The van der Waals surface area contributed by atoms with E-state index in [-0.39, 0.29) is 42.5 Å².